The van der Waals surface area contributed by atoms with Crippen LogP contribution in [0.2, 0.25) is 0 Å². The number of hydrogen-bond acceptors (Lipinski definition) is 3. The van der Waals surface area contributed by atoms with Crippen molar-refractivity contribution in [3.8, 4) is 0 Å². The van der Waals surface area contributed by atoms with Crippen LogP contribution in [-0.2, 0) is 9.78 Å². The molecule has 110 valence electrons. The molecule has 2 rings (SSSR count). The van der Waals surface area contributed by atoms with Gasteiger partial charge in [0.25, 0.3) is 0 Å². The van der Waals surface area contributed by atoms with Crippen molar-refractivity contribution in [2.45, 2.75) is 64.6 Å². The van der Waals surface area contributed by atoms with Crippen LogP contribution in [0.4, 0.5) is 0 Å². The monoisotopic (exact) mass is 276 g/mol. The second-order valence-electron chi connectivity index (χ2n) is 5.53. The van der Waals surface area contributed by atoms with E-state index in [4.69, 9.17) is 9.78 Å². The van der Waals surface area contributed by atoms with Gasteiger partial charge in [0.15, 0.2) is 5.78 Å². The Hall–Kier alpha value is -1.19. The van der Waals surface area contributed by atoms with Gasteiger partial charge in [0.1, 0.15) is 6.10 Å². The normalized spacial score (nSPS) is 22.1. The number of ketones is 1. The Labute approximate surface area is 121 Å². The largest absolute Gasteiger partial charge is 0.294 e. The Bertz CT molecular complexity index is 442. The van der Waals surface area contributed by atoms with Crippen LogP contribution in [0.3, 0.4) is 0 Å². The van der Waals surface area contributed by atoms with Crippen LogP contribution >= 0.6 is 0 Å². The molecule has 0 aliphatic carbocycles. The van der Waals surface area contributed by atoms with Crippen LogP contribution in [0.5, 0.6) is 0 Å². The van der Waals surface area contributed by atoms with Gasteiger partial charge < -0.3 is 0 Å². The van der Waals surface area contributed by atoms with E-state index in [1.165, 1.54) is 25.7 Å². The second kappa shape index (κ2) is 7.55. The van der Waals surface area contributed by atoms with E-state index in [1.54, 1.807) is 6.92 Å². The molecule has 1 heterocycles. The molecule has 0 amide bonds. The number of hydrogen-bond donors (Lipinski definition) is 0. The first-order valence-corrected chi connectivity index (χ1v) is 7.64. The van der Waals surface area contributed by atoms with Crippen molar-refractivity contribution in [1.29, 1.82) is 0 Å². The van der Waals surface area contributed by atoms with Crippen molar-refractivity contribution in [3.05, 3.63) is 35.4 Å². The Balaban J connectivity index is 1.91. The average molecular weight is 276 g/mol. The van der Waals surface area contributed by atoms with E-state index in [2.05, 4.69) is 6.92 Å². The maximum atomic E-state index is 11.7. The molecular formula is C17H24O3. The average Bonchev–Trinajstić information content (AvgIpc) is 2.92. The summed E-state index contributed by atoms with van der Waals surface area (Å²) in [5.74, 6) is 0.0793. The topological polar surface area (TPSA) is 35.5 Å². The van der Waals surface area contributed by atoms with Gasteiger partial charge in [0.05, 0.1) is 6.10 Å². The fourth-order valence-corrected chi connectivity index (χ4v) is 2.70. The molecule has 1 aliphatic heterocycles. The van der Waals surface area contributed by atoms with Crippen LogP contribution in [-0.4, -0.2) is 11.9 Å². The molecule has 2 atom stereocenters. The summed E-state index contributed by atoms with van der Waals surface area (Å²) in [6.45, 7) is 3.81. The molecule has 0 spiro atoms. The summed E-state index contributed by atoms with van der Waals surface area (Å²) in [5.41, 5.74) is 1.70. The van der Waals surface area contributed by atoms with Gasteiger partial charge in [0, 0.05) is 12.0 Å². The lowest BCUT2D eigenvalue weighted by molar-refractivity contribution is -0.299. The summed E-state index contributed by atoms with van der Waals surface area (Å²) in [4.78, 5) is 22.5. The van der Waals surface area contributed by atoms with Gasteiger partial charge >= 0.3 is 0 Å². The Morgan fingerprint density at radius 2 is 2.00 bits per heavy atom. The van der Waals surface area contributed by atoms with E-state index < -0.39 is 0 Å². The van der Waals surface area contributed by atoms with Crippen molar-refractivity contribution in [2.75, 3.05) is 0 Å². The van der Waals surface area contributed by atoms with Crippen LogP contribution in [0.1, 0.15) is 74.4 Å². The molecule has 1 aromatic rings. The van der Waals surface area contributed by atoms with E-state index in [-0.39, 0.29) is 18.0 Å². The molecule has 1 aromatic carbocycles. The molecular weight excluding hydrogens is 252 g/mol. The minimum absolute atomic E-state index is 0.0793. The van der Waals surface area contributed by atoms with E-state index in [9.17, 15) is 4.79 Å². The quantitative estimate of drug-likeness (QED) is 0.414. The van der Waals surface area contributed by atoms with Gasteiger partial charge in [-0.1, -0.05) is 56.9 Å². The maximum absolute atomic E-state index is 11.7. The van der Waals surface area contributed by atoms with E-state index in [0.717, 1.165) is 24.0 Å². The summed E-state index contributed by atoms with van der Waals surface area (Å²) < 4.78 is 0. The molecule has 3 nitrogen and oxygen atoms in total. The van der Waals surface area contributed by atoms with Gasteiger partial charge in [0.2, 0.25) is 0 Å². The fraction of sp³-hybridized carbons (Fsp3) is 0.588. The van der Waals surface area contributed by atoms with Crippen molar-refractivity contribution in [2.24, 2.45) is 0 Å². The molecule has 0 saturated carbocycles. The third-order valence-electron chi connectivity index (χ3n) is 3.85. The summed E-state index contributed by atoms with van der Waals surface area (Å²) in [6.07, 6.45) is 6.91. The molecule has 1 saturated heterocycles. The first kappa shape index (κ1) is 15.2. The van der Waals surface area contributed by atoms with Gasteiger partial charge in [-0.15, -0.1) is 0 Å². The molecule has 0 bridgehead atoms. The number of Topliss-reactive ketones (excluding diaryl/α,β-unsaturated/α-hetero) is 1. The molecule has 2 unspecified atom stereocenters. The van der Waals surface area contributed by atoms with Crippen molar-refractivity contribution < 1.29 is 14.6 Å². The minimum atomic E-state index is -0.105. The zero-order chi connectivity index (χ0) is 14.4. The van der Waals surface area contributed by atoms with Crippen molar-refractivity contribution in [1.82, 2.24) is 0 Å². The number of carbonyl (C=O) groups excluding carboxylic acids is 1. The van der Waals surface area contributed by atoms with Crippen molar-refractivity contribution >= 4 is 5.78 Å². The lowest BCUT2D eigenvalue weighted by Crippen LogP contribution is -2.06. The van der Waals surface area contributed by atoms with Crippen molar-refractivity contribution in [3.63, 3.8) is 0 Å². The van der Waals surface area contributed by atoms with Gasteiger partial charge in [-0.3, -0.25) is 4.79 Å². The van der Waals surface area contributed by atoms with Crippen LogP contribution in [0, 0.1) is 0 Å². The number of unbranched alkanes of at least 4 members (excludes halogenated alkanes) is 3. The van der Waals surface area contributed by atoms with Crippen LogP contribution in [0.25, 0.3) is 0 Å². The number of benzene rings is 1. The predicted molar refractivity (Wildman–Crippen MR) is 78.5 cm³/mol. The molecule has 3 heteroatoms. The highest BCUT2D eigenvalue weighted by atomic mass is 17.2. The smallest absolute Gasteiger partial charge is 0.160 e. The molecule has 1 aliphatic rings. The lowest BCUT2D eigenvalue weighted by atomic mass is 9.95. The molecule has 1 fully saturated rings. The molecule has 20 heavy (non-hydrogen) atoms. The highest BCUT2D eigenvalue weighted by molar-refractivity contribution is 5.95. The SMILES string of the molecule is CCCCCCC1CC(c2ccccc2C(C)=O)OO1. The number of rotatable bonds is 7. The summed E-state index contributed by atoms with van der Waals surface area (Å²) in [7, 11) is 0. The standard InChI is InChI=1S/C17H24O3/c1-3-4-5-6-9-14-12-17(20-19-14)16-11-8-7-10-15(16)13(2)18/h7-8,10-11,14,17H,3-6,9,12H2,1-2H3. The molecule has 0 N–H and O–H groups in total. The first-order chi connectivity index (χ1) is 9.72. The third-order valence-corrected chi connectivity index (χ3v) is 3.85. The van der Waals surface area contributed by atoms with Gasteiger partial charge in [-0.05, 0) is 18.9 Å². The van der Waals surface area contributed by atoms with Gasteiger partial charge in [-0.2, -0.15) is 0 Å². The fourth-order valence-electron chi connectivity index (χ4n) is 2.70. The summed E-state index contributed by atoms with van der Waals surface area (Å²) in [6, 6.07) is 7.65. The predicted octanol–water partition coefficient (Wildman–Crippen LogP) is 4.62. The minimum Gasteiger partial charge on any atom is -0.294 e. The zero-order valence-corrected chi connectivity index (χ0v) is 12.4. The maximum Gasteiger partial charge on any atom is 0.160 e. The van der Waals surface area contributed by atoms with E-state index in [1.807, 2.05) is 24.3 Å². The Morgan fingerprint density at radius 3 is 2.75 bits per heavy atom. The Morgan fingerprint density at radius 1 is 1.20 bits per heavy atom. The summed E-state index contributed by atoms with van der Waals surface area (Å²) >= 11 is 0. The van der Waals surface area contributed by atoms with Gasteiger partial charge in [-0.25, -0.2) is 9.78 Å². The number of carbonyl (C=O) groups is 1. The zero-order valence-electron chi connectivity index (χ0n) is 12.4. The summed E-state index contributed by atoms with van der Waals surface area (Å²) in [5, 5.41) is 0. The van der Waals surface area contributed by atoms with Crippen LogP contribution in [0.15, 0.2) is 24.3 Å². The second-order valence-corrected chi connectivity index (χ2v) is 5.53. The van der Waals surface area contributed by atoms with E-state index >= 15 is 0 Å². The van der Waals surface area contributed by atoms with E-state index in [0.29, 0.717) is 0 Å². The highest BCUT2D eigenvalue weighted by Gasteiger charge is 2.30. The van der Waals surface area contributed by atoms with Crippen LogP contribution < -0.4 is 0 Å². The Kier molecular flexibility index (Phi) is 5.74. The molecule has 0 aromatic heterocycles. The third kappa shape index (κ3) is 3.90. The lowest BCUT2D eigenvalue weighted by Gasteiger charge is -2.11. The first-order valence-electron chi connectivity index (χ1n) is 7.64. The highest BCUT2D eigenvalue weighted by Crippen LogP contribution is 2.34. The molecule has 0 radical (unpaired) electrons.